The van der Waals surface area contributed by atoms with Crippen LogP contribution in [0.3, 0.4) is 0 Å². The van der Waals surface area contributed by atoms with Gasteiger partial charge in [0.25, 0.3) is 10.1 Å². The number of hydrogen-bond donors (Lipinski definition) is 0. The van der Waals surface area contributed by atoms with E-state index in [0.29, 0.717) is 33.2 Å². The Morgan fingerprint density at radius 2 is 1.54 bits per heavy atom. The molecule has 1 heterocycles. The van der Waals surface area contributed by atoms with Crippen LogP contribution in [-0.2, 0) is 20.7 Å². The van der Waals surface area contributed by atoms with E-state index in [0.717, 1.165) is 27.6 Å². The van der Waals surface area contributed by atoms with Gasteiger partial charge in [0.15, 0.2) is 10.4 Å². The van der Waals surface area contributed by atoms with E-state index in [1.54, 1.807) is 37.4 Å². The first-order valence-electron chi connectivity index (χ1n) is 12.4. The van der Waals surface area contributed by atoms with Gasteiger partial charge in [-0.3, -0.25) is 4.18 Å². The van der Waals surface area contributed by atoms with Crippen LogP contribution in [0.2, 0.25) is 0 Å². The summed E-state index contributed by atoms with van der Waals surface area (Å²) in [5, 5.41) is 0.756. The first-order valence-corrected chi connectivity index (χ1v) is 15.0. The number of ether oxygens (including phenoxy) is 2. The third kappa shape index (κ3) is 5.69. The Morgan fingerprint density at radius 3 is 2.23 bits per heavy atom. The van der Waals surface area contributed by atoms with Crippen LogP contribution in [-0.4, -0.2) is 26.7 Å². The lowest BCUT2D eigenvalue weighted by Crippen LogP contribution is -2.09. The minimum atomic E-state index is -3.81. The van der Waals surface area contributed by atoms with E-state index in [4.69, 9.17) is 13.7 Å². The molecule has 5 rings (SSSR count). The Hall–Kier alpha value is -3.69. The zero-order valence-corrected chi connectivity index (χ0v) is 23.5. The number of aryl methyl sites for hydroxylation is 2. The van der Waals surface area contributed by atoms with E-state index in [2.05, 4.69) is 0 Å². The maximum absolute atomic E-state index is 13.6. The highest BCUT2D eigenvalue weighted by Crippen LogP contribution is 2.52. The summed E-state index contributed by atoms with van der Waals surface area (Å²) in [6.07, 6.45) is 0.412. The van der Waals surface area contributed by atoms with Crippen LogP contribution in [0.4, 0.5) is 0 Å². The molecule has 6 nitrogen and oxygen atoms in total. The van der Waals surface area contributed by atoms with Gasteiger partial charge in [0.2, 0.25) is 4.88 Å². The summed E-state index contributed by atoms with van der Waals surface area (Å²) in [7, 11) is -3.68. The molecule has 39 heavy (non-hydrogen) atoms. The second-order valence-corrected chi connectivity index (χ2v) is 12.2. The Bertz CT molecular complexity index is 1720. The zero-order valence-electron chi connectivity index (χ0n) is 21.8. The van der Waals surface area contributed by atoms with Crippen molar-refractivity contribution in [3.8, 4) is 27.7 Å². The molecule has 1 unspecified atom stereocenters. The van der Waals surface area contributed by atoms with E-state index < -0.39 is 20.9 Å². The second-order valence-electron chi connectivity index (χ2n) is 9.19. The van der Waals surface area contributed by atoms with Gasteiger partial charge in [-0.2, -0.15) is 8.42 Å². The van der Waals surface area contributed by atoms with Crippen LogP contribution in [0.5, 0.6) is 17.2 Å². The van der Waals surface area contributed by atoms with Crippen molar-refractivity contribution in [1.82, 2.24) is 0 Å². The lowest BCUT2D eigenvalue weighted by Gasteiger charge is -2.09. The fraction of sp³-hybridized carbons (Fsp3) is 0.161. The molecule has 1 atom stereocenters. The lowest BCUT2D eigenvalue weighted by atomic mass is 10.1. The summed E-state index contributed by atoms with van der Waals surface area (Å²) >= 11 is 0. The van der Waals surface area contributed by atoms with E-state index in [-0.39, 0.29) is 11.5 Å². The van der Waals surface area contributed by atoms with Gasteiger partial charge < -0.3 is 14.0 Å². The largest absolute Gasteiger partial charge is 0.590 e. The molecule has 0 fully saturated rings. The monoisotopic (exact) mass is 560 g/mol. The number of methoxy groups -OCH3 is 1. The zero-order chi connectivity index (χ0) is 27.6. The predicted octanol–water partition coefficient (Wildman–Crippen LogP) is 7.60. The first-order chi connectivity index (χ1) is 18.8. The van der Waals surface area contributed by atoms with Crippen LogP contribution in [0.1, 0.15) is 16.7 Å². The Balaban J connectivity index is 1.37. The van der Waals surface area contributed by atoms with Crippen molar-refractivity contribution in [3.05, 3.63) is 108 Å². The molecule has 0 N–H and O–H groups in total. The fourth-order valence-corrected chi connectivity index (χ4v) is 6.78. The van der Waals surface area contributed by atoms with Gasteiger partial charge in [0.05, 0.1) is 24.0 Å². The summed E-state index contributed by atoms with van der Waals surface area (Å²) in [5.74, 6) is 1.75. The van der Waals surface area contributed by atoms with Crippen LogP contribution in [0.15, 0.2) is 95.9 Å². The van der Waals surface area contributed by atoms with Gasteiger partial charge in [0.1, 0.15) is 11.5 Å². The van der Waals surface area contributed by atoms with Gasteiger partial charge in [-0.1, -0.05) is 48.0 Å². The molecule has 0 saturated heterocycles. The number of benzene rings is 4. The van der Waals surface area contributed by atoms with Gasteiger partial charge >= 0.3 is 0 Å². The molecule has 4 aromatic carbocycles. The van der Waals surface area contributed by atoms with Crippen LogP contribution in [0.25, 0.3) is 20.5 Å². The van der Waals surface area contributed by atoms with Gasteiger partial charge in [-0.25, -0.2) is 0 Å². The van der Waals surface area contributed by atoms with E-state index >= 15 is 0 Å². The third-order valence-corrected chi connectivity index (χ3v) is 9.34. The highest BCUT2D eigenvalue weighted by Gasteiger charge is 2.27. The topological polar surface area (TPSA) is 84.9 Å². The lowest BCUT2D eigenvalue weighted by molar-refractivity contribution is 0.322. The number of fused-ring (bicyclic) bond motifs is 1. The average Bonchev–Trinajstić information content (AvgIpc) is 3.20. The number of hydrogen-bond acceptors (Lipinski definition) is 6. The molecule has 0 radical (unpaired) electrons. The summed E-state index contributed by atoms with van der Waals surface area (Å²) in [6.45, 7) is 3.90. The van der Waals surface area contributed by atoms with E-state index in [1.807, 2.05) is 74.5 Å². The maximum atomic E-state index is 13.6. The maximum Gasteiger partial charge on any atom is 0.296 e. The standard InChI is InChI=1S/C31H28O6S2/c1-21-8-15-26(16-9-21)39(33,34)36-19-18-23-10-12-24(13-11-23)37-30-28-17-14-25(35-3)20-29(28)38(32)31(30)27-7-5-4-6-22(27)2/h4-17,20H,18-19H2,1-3H3. The Kier molecular flexibility index (Phi) is 7.72. The van der Waals surface area contributed by atoms with Crippen molar-refractivity contribution >= 4 is 31.0 Å². The molecular formula is C31H28O6S2. The predicted molar refractivity (Wildman–Crippen MR) is 154 cm³/mol. The van der Waals surface area contributed by atoms with Crippen molar-refractivity contribution in [2.75, 3.05) is 13.7 Å². The minimum Gasteiger partial charge on any atom is -0.590 e. The van der Waals surface area contributed by atoms with E-state index in [9.17, 15) is 13.0 Å². The average molecular weight is 561 g/mol. The molecule has 1 aromatic heterocycles. The molecule has 0 amide bonds. The molecule has 5 aromatic rings. The molecule has 0 aliphatic carbocycles. The first kappa shape index (κ1) is 26.9. The van der Waals surface area contributed by atoms with Crippen LogP contribution < -0.4 is 9.47 Å². The normalized spacial score (nSPS) is 12.1. The third-order valence-electron chi connectivity index (χ3n) is 6.50. The van der Waals surface area contributed by atoms with Crippen molar-refractivity contribution < 1.29 is 26.6 Å². The summed E-state index contributed by atoms with van der Waals surface area (Å²) in [5.41, 5.74) is 3.74. The molecule has 0 bridgehead atoms. The molecular weight excluding hydrogens is 532 g/mol. The van der Waals surface area contributed by atoms with Crippen molar-refractivity contribution in [2.24, 2.45) is 0 Å². The fourth-order valence-electron chi connectivity index (χ4n) is 4.32. The van der Waals surface area contributed by atoms with Crippen LogP contribution >= 0.6 is 10.8 Å². The number of thiophene rings is 1. The summed E-state index contributed by atoms with van der Waals surface area (Å²) in [6, 6.07) is 27.2. The van der Waals surface area contributed by atoms with Crippen molar-refractivity contribution in [3.63, 3.8) is 0 Å². The molecule has 8 heteroatoms. The summed E-state index contributed by atoms with van der Waals surface area (Å²) in [4.78, 5) is 0.761. The molecule has 200 valence electrons. The van der Waals surface area contributed by atoms with Crippen molar-refractivity contribution in [2.45, 2.75) is 25.2 Å². The van der Waals surface area contributed by atoms with Gasteiger partial charge in [-0.05, 0) is 84.6 Å². The quantitative estimate of drug-likeness (QED) is 0.136. The SMILES string of the molecule is COc1ccc2c(Oc3ccc(CCOS(=O)(=O)c4ccc(C)cc4)cc3)c(-c3ccccc3C)[s+]([O-])c2c1. The highest BCUT2D eigenvalue weighted by molar-refractivity contribution is 7.86. The summed E-state index contributed by atoms with van der Waals surface area (Å²) < 4.78 is 56.1. The van der Waals surface area contributed by atoms with Gasteiger partial charge in [-0.15, -0.1) is 0 Å². The molecule has 0 saturated carbocycles. The smallest absolute Gasteiger partial charge is 0.296 e. The minimum absolute atomic E-state index is 0.0210. The van der Waals surface area contributed by atoms with Crippen LogP contribution in [0, 0.1) is 13.8 Å². The van der Waals surface area contributed by atoms with E-state index in [1.165, 1.54) is 0 Å². The van der Waals surface area contributed by atoms with Crippen molar-refractivity contribution in [1.29, 1.82) is 0 Å². The Morgan fingerprint density at radius 1 is 0.846 bits per heavy atom. The Labute approximate surface area is 231 Å². The molecule has 0 aliphatic heterocycles. The number of rotatable bonds is 9. The highest BCUT2D eigenvalue weighted by atomic mass is 32.2. The second kappa shape index (κ2) is 11.2. The molecule has 0 spiro atoms. The molecule has 0 aliphatic rings. The van der Waals surface area contributed by atoms with Gasteiger partial charge in [0, 0.05) is 11.6 Å².